The minimum absolute atomic E-state index is 0.222. The third kappa shape index (κ3) is 1.61. The highest BCUT2D eigenvalue weighted by atomic mass is 16.3. The summed E-state index contributed by atoms with van der Waals surface area (Å²) in [5.74, 6) is 0.351. The Morgan fingerprint density at radius 3 is 3.10 bits per heavy atom. The van der Waals surface area contributed by atoms with Gasteiger partial charge >= 0.3 is 0 Å². The van der Waals surface area contributed by atoms with Crippen LogP contribution in [-0.4, -0.2) is 11.7 Å². The first-order valence-electron chi connectivity index (χ1n) is 3.40. The minimum atomic E-state index is 0.222. The van der Waals surface area contributed by atoms with Gasteiger partial charge in [-0.05, 0) is 18.4 Å². The third-order valence-electron chi connectivity index (χ3n) is 1.59. The molecule has 0 saturated carbocycles. The first-order valence-corrected chi connectivity index (χ1v) is 3.40. The molecule has 0 aromatic carbocycles. The molecule has 0 saturated heterocycles. The smallest absolute Gasteiger partial charge is 0.172 e. The van der Waals surface area contributed by atoms with Gasteiger partial charge in [-0.25, -0.2) is 0 Å². The van der Waals surface area contributed by atoms with Crippen LogP contribution in [0, 0.1) is 6.26 Å². The molecule has 2 nitrogen and oxygen atoms in total. The Labute approximate surface area is 60.5 Å². The van der Waals surface area contributed by atoms with Crippen LogP contribution in [0.5, 0.6) is 0 Å². The number of hydrogen-bond acceptors (Lipinski definition) is 2. The molecular weight excluding hydrogens is 128 g/mol. The third-order valence-corrected chi connectivity index (χ3v) is 1.59. The van der Waals surface area contributed by atoms with Crippen molar-refractivity contribution in [2.75, 3.05) is 6.61 Å². The molecule has 0 amide bonds. The van der Waals surface area contributed by atoms with E-state index in [-0.39, 0.29) is 6.61 Å². The van der Waals surface area contributed by atoms with Crippen molar-refractivity contribution in [1.29, 1.82) is 0 Å². The molecule has 1 aromatic rings. The van der Waals surface area contributed by atoms with E-state index in [2.05, 4.69) is 6.26 Å². The lowest BCUT2D eigenvalue weighted by Crippen LogP contribution is -1.94. The molecule has 1 aromatic heterocycles. The molecule has 2 heteroatoms. The molecule has 0 bridgehead atoms. The van der Waals surface area contributed by atoms with E-state index < -0.39 is 0 Å². The molecule has 1 rings (SSSR count). The first-order chi connectivity index (χ1) is 4.84. The van der Waals surface area contributed by atoms with Crippen LogP contribution in [-0.2, 0) is 0 Å². The molecule has 1 heterocycles. The molecular formula is C8H11O2. The Morgan fingerprint density at radius 2 is 2.60 bits per heavy atom. The van der Waals surface area contributed by atoms with Crippen molar-refractivity contribution in [3.8, 4) is 0 Å². The van der Waals surface area contributed by atoms with Gasteiger partial charge in [0.25, 0.3) is 0 Å². The van der Waals surface area contributed by atoms with Gasteiger partial charge in [0, 0.05) is 12.2 Å². The summed E-state index contributed by atoms with van der Waals surface area (Å²) in [5.41, 5.74) is 1.04. The highest BCUT2D eigenvalue weighted by Crippen LogP contribution is 2.17. The van der Waals surface area contributed by atoms with Crippen LogP contribution in [0.3, 0.4) is 0 Å². The van der Waals surface area contributed by atoms with Crippen LogP contribution in [0.25, 0.3) is 0 Å². The van der Waals surface area contributed by atoms with Crippen LogP contribution in [0.1, 0.15) is 24.8 Å². The average molecular weight is 139 g/mol. The number of furan rings is 1. The molecule has 10 heavy (non-hydrogen) atoms. The van der Waals surface area contributed by atoms with Gasteiger partial charge in [0.1, 0.15) is 0 Å². The van der Waals surface area contributed by atoms with E-state index in [0.29, 0.717) is 5.92 Å². The summed E-state index contributed by atoms with van der Waals surface area (Å²) in [6.45, 7) is 2.26. The van der Waals surface area contributed by atoms with Gasteiger partial charge in [0.2, 0.25) is 0 Å². The number of hydrogen-bond donors (Lipinski definition) is 1. The molecule has 1 radical (unpaired) electrons. The fraction of sp³-hybridized carbons (Fsp3) is 0.500. The fourth-order valence-electron chi connectivity index (χ4n) is 0.857. The molecule has 0 unspecified atom stereocenters. The van der Waals surface area contributed by atoms with E-state index in [4.69, 9.17) is 9.52 Å². The van der Waals surface area contributed by atoms with Crippen molar-refractivity contribution in [2.24, 2.45) is 0 Å². The van der Waals surface area contributed by atoms with Crippen molar-refractivity contribution in [1.82, 2.24) is 0 Å². The predicted molar refractivity (Wildman–Crippen MR) is 37.7 cm³/mol. The van der Waals surface area contributed by atoms with Crippen molar-refractivity contribution < 1.29 is 9.52 Å². The largest absolute Gasteiger partial charge is 0.461 e. The minimum Gasteiger partial charge on any atom is -0.461 e. The zero-order valence-electron chi connectivity index (χ0n) is 6.00. The monoisotopic (exact) mass is 139 g/mol. The number of aliphatic hydroxyl groups excluding tert-OH is 1. The zero-order valence-corrected chi connectivity index (χ0v) is 6.00. The Balaban J connectivity index is 2.50. The predicted octanol–water partition coefficient (Wildman–Crippen LogP) is 1.57. The normalized spacial score (nSPS) is 13.4. The van der Waals surface area contributed by atoms with Crippen LogP contribution < -0.4 is 0 Å². The molecule has 0 spiro atoms. The lowest BCUT2D eigenvalue weighted by atomic mass is 10.0. The van der Waals surface area contributed by atoms with E-state index in [1.165, 1.54) is 0 Å². The van der Waals surface area contributed by atoms with Crippen molar-refractivity contribution >= 4 is 0 Å². The molecule has 0 aliphatic rings. The van der Waals surface area contributed by atoms with Gasteiger partial charge < -0.3 is 9.52 Å². The summed E-state index contributed by atoms with van der Waals surface area (Å²) in [5, 5.41) is 8.59. The second kappa shape index (κ2) is 3.42. The lowest BCUT2D eigenvalue weighted by Gasteiger charge is -2.03. The maximum atomic E-state index is 8.59. The summed E-state index contributed by atoms with van der Waals surface area (Å²) >= 11 is 0. The lowest BCUT2D eigenvalue weighted by molar-refractivity contribution is 0.278. The van der Waals surface area contributed by atoms with E-state index in [1.54, 1.807) is 6.26 Å². The Hall–Kier alpha value is -0.760. The SMILES string of the molecule is C[C@@H](CCO)c1[c]occ1. The van der Waals surface area contributed by atoms with E-state index in [9.17, 15) is 0 Å². The topological polar surface area (TPSA) is 33.4 Å². The van der Waals surface area contributed by atoms with Gasteiger partial charge in [0.05, 0.1) is 6.26 Å². The van der Waals surface area contributed by atoms with Gasteiger partial charge in [-0.15, -0.1) is 0 Å². The van der Waals surface area contributed by atoms with Crippen molar-refractivity contribution in [2.45, 2.75) is 19.3 Å². The number of aliphatic hydroxyl groups is 1. The van der Waals surface area contributed by atoms with Gasteiger partial charge in [-0.3, -0.25) is 0 Å². The van der Waals surface area contributed by atoms with Crippen LogP contribution >= 0.6 is 0 Å². The summed E-state index contributed by atoms with van der Waals surface area (Å²) in [7, 11) is 0. The highest BCUT2D eigenvalue weighted by molar-refractivity contribution is 5.09. The fourth-order valence-corrected chi connectivity index (χ4v) is 0.857. The van der Waals surface area contributed by atoms with E-state index in [1.807, 2.05) is 13.0 Å². The molecule has 1 N–H and O–H groups in total. The van der Waals surface area contributed by atoms with Crippen LogP contribution in [0.4, 0.5) is 0 Å². The molecule has 55 valence electrons. The molecule has 1 atom stereocenters. The zero-order chi connectivity index (χ0) is 7.40. The quantitative estimate of drug-likeness (QED) is 0.689. The van der Waals surface area contributed by atoms with E-state index >= 15 is 0 Å². The van der Waals surface area contributed by atoms with Crippen molar-refractivity contribution in [3.05, 3.63) is 24.2 Å². The van der Waals surface area contributed by atoms with Gasteiger partial charge in [-0.1, -0.05) is 6.92 Å². The second-order valence-electron chi connectivity index (χ2n) is 2.39. The Morgan fingerprint density at radius 1 is 1.80 bits per heavy atom. The maximum absolute atomic E-state index is 8.59. The summed E-state index contributed by atoms with van der Waals surface area (Å²) in [6, 6.07) is 1.88. The first kappa shape index (κ1) is 7.35. The van der Waals surface area contributed by atoms with E-state index in [0.717, 1.165) is 12.0 Å². The van der Waals surface area contributed by atoms with Crippen LogP contribution in [0.2, 0.25) is 0 Å². The molecule has 0 aliphatic carbocycles. The number of rotatable bonds is 3. The summed E-state index contributed by atoms with van der Waals surface area (Å²) in [6.07, 6.45) is 5.11. The van der Waals surface area contributed by atoms with Crippen molar-refractivity contribution in [3.63, 3.8) is 0 Å². The van der Waals surface area contributed by atoms with Gasteiger partial charge in [0.15, 0.2) is 6.26 Å². The summed E-state index contributed by atoms with van der Waals surface area (Å²) < 4.78 is 4.78. The standard InChI is InChI=1S/C8H11O2/c1-7(2-4-9)8-3-5-10-6-8/h3,5,7,9H,2,4H2,1H3/t7-/m0/s1. The Kier molecular flexibility index (Phi) is 2.51. The van der Waals surface area contributed by atoms with Crippen LogP contribution in [0.15, 0.2) is 16.7 Å². The second-order valence-corrected chi connectivity index (χ2v) is 2.39. The van der Waals surface area contributed by atoms with Gasteiger partial charge in [-0.2, -0.15) is 0 Å². The highest BCUT2D eigenvalue weighted by Gasteiger charge is 2.05. The Bertz CT molecular complexity index is 167. The molecule has 0 aliphatic heterocycles. The maximum Gasteiger partial charge on any atom is 0.172 e. The average Bonchev–Trinajstić information content (AvgIpc) is 2.38. The molecule has 0 fully saturated rings. The summed E-state index contributed by atoms with van der Waals surface area (Å²) in [4.78, 5) is 0.